The van der Waals surface area contributed by atoms with E-state index < -0.39 is 0 Å². The summed E-state index contributed by atoms with van der Waals surface area (Å²) >= 11 is 0. The van der Waals surface area contributed by atoms with Gasteiger partial charge in [-0.05, 0) is 55.5 Å². The average Bonchev–Trinajstić information content (AvgIpc) is 3.16. The van der Waals surface area contributed by atoms with Crippen molar-refractivity contribution < 1.29 is 4.74 Å². The zero-order valence-electron chi connectivity index (χ0n) is 13.2. The van der Waals surface area contributed by atoms with Crippen molar-refractivity contribution in [2.24, 2.45) is 11.7 Å². The summed E-state index contributed by atoms with van der Waals surface area (Å²) in [6, 6.07) is 7.42. The van der Waals surface area contributed by atoms with Crippen LogP contribution in [0, 0.1) is 5.92 Å². The van der Waals surface area contributed by atoms with E-state index in [2.05, 4.69) is 30.0 Å². The molecule has 1 aliphatic carbocycles. The van der Waals surface area contributed by atoms with Crippen molar-refractivity contribution in [3.8, 4) is 5.75 Å². The van der Waals surface area contributed by atoms with Crippen LogP contribution < -0.4 is 10.5 Å². The zero-order chi connectivity index (χ0) is 14.7. The van der Waals surface area contributed by atoms with Crippen LogP contribution in [-0.2, 0) is 12.8 Å². The van der Waals surface area contributed by atoms with Gasteiger partial charge in [0.15, 0.2) is 0 Å². The molecule has 116 valence electrons. The molecule has 0 spiro atoms. The lowest BCUT2D eigenvalue weighted by molar-refractivity contribution is 0.172. The molecule has 1 fully saturated rings. The molecule has 1 aromatic carbocycles. The zero-order valence-corrected chi connectivity index (χ0v) is 13.2. The lowest BCUT2D eigenvalue weighted by Gasteiger charge is -2.31. The van der Waals surface area contributed by atoms with Crippen LogP contribution in [0.15, 0.2) is 18.2 Å². The van der Waals surface area contributed by atoms with E-state index in [1.165, 1.54) is 30.4 Å². The quantitative estimate of drug-likeness (QED) is 0.874. The second kappa shape index (κ2) is 6.80. The van der Waals surface area contributed by atoms with Crippen molar-refractivity contribution in [3.05, 3.63) is 29.3 Å². The first kappa shape index (κ1) is 14.9. The highest BCUT2D eigenvalue weighted by atomic mass is 16.5. The van der Waals surface area contributed by atoms with Gasteiger partial charge in [0, 0.05) is 19.0 Å². The number of nitrogens with two attached hydrogens (primary N) is 1. The van der Waals surface area contributed by atoms with Gasteiger partial charge in [0.1, 0.15) is 5.75 Å². The minimum Gasteiger partial charge on any atom is -0.493 e. The van der Waals surface area contributed by atoms with E-state index in [9.17, 15) is 0 Å². The second-order valence-corrected chi connectivity index (χ2v) is 6.41. The largest absolute Gasteiger partial charge is 0.493 e. The molecule has 0 saturated heterocycles. The van der Waals surface area contributed by atoms with Gasteiger partial charge >= 0.3 is 0 Å². The number of likely N-dealkylation sites (N-methyl/N-ethyl adjacent to an activating group) is 1. The number of ether oxygens (including phenoxy) is 1. The molecule has 3 heteroatoms. The maximum atomic E-state index is 5.94. The Morgan fingerprint density at radius 1 is 1.33 bits per heavy atom. The number of benzene rings is 1. The molecule has 1 aromatic rings. The first-order chi connectivity index (χ1) is 10.3. The van der Waals surface area contributed by atoms with Crippen LogP contribution in [0.2, 0.25) is 0 Å². The summed E-state index contributed by atoms with van der Waals surface area (Å²) in [7, 11) is 0. The maximum absolute atomic E-state index is 5.94. The smallest absolute Gasteiger partial charge is 0.122 e. The van der Waals surface area contributed by atoms with E-state index in [-0.39, 0.29) is 0 Å². The van der Waals surface area contributed by atoms with Crippen LogP contribution in [0.4, 0.5) is 0 Å². The summed E-state index contributed by atoms with van der Waals surface area (Å²) in [5.74, 6) is 1.79. The molecule has 1 aliphatic heterocycles. The number of fused-ring (bicyclic) bond motifs is 1. The fourth-order valence-corrected chi connectivity index (χ4v) is 4.00. The van der Waals surface area contributed by atoms with E-state index >= 15 is 0 Å². The highest BCUT2D eigenvalue weighted by Gasteiger charge is 2.30. The van der Waals surface area contributed by atoms with Crippen molar-refractivity contribution in [1.82, 2.24) is 4.90 Å². The molecule has 0 bridgehead atoms. The predicted molar refractivity (Wildman–Crippen MR) is 86.8 cm³/mol. The Labute approximate surface area is 128 Å². The summed E-state index contributed by atoms with van der Waals surface area (Å²) in [6.45, 7) is 6.26. The van der Waals surface area contributed by atoms with Gasteiger partial charge in [0.2, 0.25) is 0 Å². The first-order valence-corrected chi connectivity index (χ1v) is 8.50. The standard InChI is InChI=1S/C18H28N2O/c1-2-20(17-5-3-4-16(17)13-19)10-8-14-6-7-18-15(12-14)9-11-21-18/h6-7,12,16-17H,2-5,8-11,13,19H2,1H3. The molecule has 0 aromatic heterocycles. The summed E-state index contributed by atoms with van der Waals surface area (Å²) < 4.78 is 5.59. The monoisotopic (exact) mass is 288 g/mol. The summed E-state index contributed by atoms with van der Waals surface area (Å²) in [6.07, 6.45) is 6.19. The van der Waals surface area contributed by atoms with E-state index in [1.807, 2.05) is 0 Å². The highest BCUT2D eigenvalue weighted by Crippen LogP contribution is 2.30. The van der Waals surface area contributed by atoms with Crippen LogP contribution in [0.3, 0.4) is 0 Å². The molecule has 2 aliphatic rings. The molecule has 3 rings (SSSR count). The highest BCUT2D eigenvalue weighted by molar-refractivity contribution is 5.39. The SMILES string of the molecule is CCN(CCc1ccc2c(c1)CCO2)C1CCCC1CN. The molecule has 0 amide bonds. The fraction of sp³-hybridized carbons (Fsp3) is 0.667. The summed E-state index contributed by atoms with van der Waals surface area (Å²) in [4.78, 5) is 2.65. The Balaban J connectivity index is 1.60. The van der Waals surface area contributed by atoms with Crippen molar-refractivity contribution in [3.63, 3.8) is 0 Å². The van der Waals surface area contributed by atoms with E-state index in [4.69, 9.17) is 10.5 Å². The second-order valence-electron chi connectivity index (χ2n) is 6.41. The lowest BCUT2D eigenvalue weighted by atomic mass is 10.0. The van der Waals surface area contributed by atoms with Gasteiger partial charge in [-0.3, -0.25) is 0 Å². The summed E-state index contributed by atoms with van der Waals surface area (Å²) in [5, 5.41) is 0. The minimum absolute atomic E-state index is 0.706. The van der Waals surface area contributed by atoms with Gasteiger partial charge in [-0.25, -0.2) is 0 Å². The van der Waals surface area contributed by atoms with Crippen molar-refractivity contribution in [1.29, 1.82) is 0 Å². The topological polar surface area (TPSA) is 38.5 Å². The van der Waals surface area contributed by atoms with E-state index in [0.29, 0.717) is 12.0 Å². The first-order valence-electron chi connectivity index (χ1n) is 8.50. The molecule has 0 radical (unpaired) electrons. The number of hydrogen-bond donors (Lipinski definition) is 1. The van der Waals surface area contributed by atoms with Gasteiger partial charge < -0.3 is 15.4 Å². The number of nitrogens with zero attached hydrogens (tertiary/aromatic N) is 1. The van der Waals surface area contributed by atoms with Gasteiger partial charge in [-0.1, -0.05) is 25.5 Å². The Kier molecular flexibility index (Phi) is 4.81. The fourth-order valence-electron chi connectivity index (χ4n) is 4.00. The molecule has 1 saturated carbocycles. The van der Waals surface area contributed by atoms with Gasteiger partial charge in [0.25, 0.3) is 0 Å². The van der Waals surface area contributed by atoms with E-state index in [0.717, 1.165) is 44.8 Å². The molecule has 2 N–H and O–H groups in total. The lowest BCUT2D eigenvalue weighted by Crippen LogP contribution is -2.41. The van der Waals surface area contributed by atoms with Crippen LogP contribution in [0.5, 0.6) is 5.75 Å². The van der Waals surface area contributed by atoms with Crippen LogP contribution in [-0.4, -0.2) is 37.2 Å². The predicted octanol–water partition coefficient (Wildman–Crippen LogP) is 2.61. The Bertz CT molecular complexity index is 474. The third-order valence-corrected chi connectivity index (χ3v) is 5.24. The normalized spacial score (nSPS) is 24.3. The summed E-state index contributed by atoms with van der Waals surface area (Å²) in [5.41, 5.74) is 8.77. The van der Waals surface area contributed by atoms with E-state index in [1.54, 1.807) is 0 Å². The number of hydrogen-bond acceptors (Lipinski definition) is 3. The van der Waals surface area contributed by atoms with Crippen LogP contribution in [0.25, 0.3) is 0 Å². The maximum Gasteiger partial charge on any atom is 0.122 e. The van der Waals surface area contributed by atoms with Crippen LogP contribution >= 0.6 is 0 Å². The Morgan fingerprint density at radius 3 is 3.05 bits per heavy atom. The van der Waals surface area contributed by atoms with Crippen LogP contribution in [0.1, 0.15) is 37.3 Å². The average molecular weight is 288 g/mol. The third-order valence-electron chi connectivity index (χ3n) is 5.24. The molecule has 2 atom stereocenters. The molecule has 1 heterocycles. The molecule has 2 unspecified atom stereocenters. The molecule has 3 nitrogen and oxygen atoms in total. The van der Waals surface area contributed by atoms with Crippen molar-refractivity contribution in [2.75, 3.05) is 26.2 Å². The third kappa shape index (κ3) is 3.24. The van der Waals surface area contributed by atoms with Gasteiger partial charge in [0.05, 0.1) is 6.61 Å². The van der Waals surface area contributed by atoms with Gasteiger partial charge in [-0.15, -0.1) is 0 Å². The number of rotatable bonds is 6. The molecular formula is C18H28N2O. The van der Waals surface area contributed by atoms with Crippen molar-refractivity contribution in [2.45, 2.75) is 45.1 Å². The Hall–Kier alpha value is -1.06. The molecule has 21 heavy (non-hydrogen) atoms. The Morgan fingerprint density at radius 2 is 2.24 bits per heavy atom. The minimum atomic E-state index is 0.706. The van der Waals surface area contributed by atoms with Gasteiger partial charge in [-0.2, -0.15) is 0 Å². The van der Waals surface area contributed by atoms with Crippen molar-refractivity contribution >= 4 is 0 Å². The molecular weight excluding hydrogens is 260 g/mol.